The molecule has 4 heteroatoms. The average Bonchev–Trinajstić information content (AvgIpc) is 1.63. The van der Waals surface area contributed by atoms with E-state index in [0.29, 0.717) is 0 Å². The van der Waals surface area contributed by atoms with E-state index in [1.807, 2.05) is 0 Å². The summed E-state index contributed by atoms with van der Waals surface area (Å²) < 4.78 is 4.29. The molecule has 0 aliphatic rings. The molecule has 0 amide bonds. The second kappa shape index (κ2) is 3.88. The van der Waals surface area contributed by atoms with Gasteiger partial charge in [-0.2, -0.15) is 0 Å². The Bertz CT molecular complexity index is 110. The van der Waals surface area contributed by atoms with Gasteiger partial charge in [-0.1, -0.05) is 0 Å². The van der Waals surface area contributed by atoms with Crippen LogP contribution in [-0.2, 0) is 14.3 Å². The van der Waals surface area contributed by atoms with Crippen molar-refractivity contribution in [3.8, 4) is 0 Å². The highest BCUT2D eigenvalue weighted by molar-refractivity contribution is 5.67. The highest BCUT2D eigenvalue weighted by Crippen LogP contribution is 1.93. The lowest BCUT2D eigenvalue weighted by molar-refractivity contribution is -0.142. The van der Waals surface area contributed by atoms with E-state index >= 15 is 0 Å². The number of hydrogen-bond acceptors (Lipinski definition) is 3. The summed E-state index contributed by atoms with van der Waals surface area (Å²) in [4.78, 5) is 19.5. The van der Waals surface area contributed by atoms with Crippen LogP contribution < -0.4 is 0 Å². The molecule has 0 aliphatic carbocycles. The Hall–Kier alpha value is -1.06. The molecule has 0 heterocycles. The first-order chi connectivity index (χ1) is 4.16. The van der Waals surface area contributed by atoms with Gasteiger partial charge in [0.2, 0.25) is 0 Å². The van der Waals surface area contributed by atoms with Crippen molar-refractivity contribution in [3.05, 3.63) is 0 Å². The Morgan fingerprint density at radius 3 is 2.78 bits per heavy atom. The second-order valence-corrected chi connectivity index (χ2v) is 1.64. The molecular weight excluding hydrogens is 124 g/mol. The largest absolute Gasteiger partial charge is 0.481 e. The molecule has 0 spiro atoms. The molecule has 0 aromatic heterocycles. The van der Waals surface area contributed by atoms with Crippen molar-refractivity contribution in [2.75, 3.05) is 0 Å². The Balaban J connectivity index is 3.37. The molecule has 0 radical (unpaired) electrons. The lowest BCUT2D eigenvalue weighted by Gasteiger charge is -2.03. The maximum absolute atomic E-state index is 9.89. The molecule has 0 aromatic carbocycles. The summed E-state index contributed by atoms with van der Waals surface area (Å²) in [5.74, 6) is -0.968. The molecule has 0 rings (SSSR count). The molecule has 0 fully saturated rings. The molecule has 0 aromatic rings. The van der Waals surface area contributed by atoms with Gasteiger partial charge in [-0.15, -0.1) is 0 Å². The molecular formula is C5H8O4. The van der Waals surface area contributed by atoms with Crippen molar-refractivity contribution in [1.29, 1.82) is 0 Å². The topological polar surface area (TPSA) is 63.6 Å². The molecule has 4 nitrogen and oxygen atoms in total. The van der Waals surface area contributed by atoms with Crippen LogP contribution in [0.1, 0.15) is 13.3 Å². The fourth-order valence-corrected chi connectivity index (χ4v) is 0.389. The number of rotatable bonds is 4. The van der Waals surface area contributed by atoms with Gasteiger partial charge in [0, 0.05) is 0 Å². The van der Waals surface area contributed by atoms with Gasteiger partial charge in [0.05, 0.1) is 6.42 Å². The zero-order chi connectivity index (χ0) is 7.28. The highest BCUT2D eigenvalue weighted by atomic mass is 16.5. The van der Waals surface area contributed by atoms with Crippen LogP contribution in [0.15, 0.2) is 0 Å². The third-order valence-electron chi connectivity index (χ3n) is 0.750. The van der Waals surface area contributed by atoms with E-state index < -0.39 is 12.1 Å². The van der Waals surface area contributed by atoms with Crippen LogP contribution in [0.25, 0.3) is 0 Å². The summed E-state index contributed by atoms with van der Waals surface area (Å²) in [6.45, 7) is 1.76. The van der Waals surface area contributed by atoms with Crippen molar-refractivity contribution < 1.29 is 19.4 Å². The minimum atomic E-state index is -0.968. The number of carbonyl (C=O) groups excluding carboxylic acids is 1. The molecule has 1 N–H and O–H groups in total. The van der Waals surface area contributed by atoms with E-state index in [1.165, 1.54) is 6.92 Å². The lowest BCUT2D eigenvalue weighted by atomic mass is 10.3. The summed E-state index contributed by atoms with van der Waals surface area (Å²) >= 11 is 0. The van der Waals surface area contributed by atoms with E-state index in [0.717, 1.165) is 0 Å². The first-order valence-electron chi connectivity index (χ1n) is 2.47. The van der Waals surface area contributed by atoms with Gasteiger partial charge in [-0.05, 0) is 6.92 Å². The zero-order valence-electron chi connectivity index (χ0n) is 5.03. The smallest absolute Gasteiger partial charge is 0.307 e. The molecule has 0 bridgehead atoms. The number of aliphatic carboxylic acids is 1. The first-order valence-corrected chi connectivity index (χ1v) is 2.47. The molecule has 9 heavy (non-hydrogen) atoms. The summed E-state index contributed by atoms with van der Waals surface area (Å²) in [6, 6.07) is 0. The van der Waals surface area contributed by atoms with E-state index in [4.69, 9.17) is 5.11 Å². The van der Waals surface area contributed by atoms with Gasteiger partial charge >= 0.3 is 5.97 Å². The SMILES string of the molecule is CC(CC(=O)O)OC=O. The minimum Gasteiger partial charge on any atom is -0.481 e. The first kappa shape index (κ1) is 7.94. The fourth-order valence-electron chi connectivity index (χ4n) is 0.389. The van der Waals surface area contributed by atoms with Crippen LogP contribution in [0, 0.1) is 0 Å². The molecule has 1 unspecified atom stereocenters. The third kappa shape index (κ3) is 4.80. The molecule has 0 saturated carbocycles. The van der Waals surface area contributed by atoms with Crippen LogP contribution in [0.4, 0.5) is 0 Å². The quantitative estimate of drug-likeness (QED) is 0.548. The normalized spacial score (nSPS) is 12.1. The highest BCUT2D eigenvalue weighted by Gasteiger charge is 2.05. The molecule has 0 saturated heterocycles. The molecule has 52 valence electrons. The number of hydrogen-bond donors (Lipinski definition) is 1. The minimum absolute atomic E-state index is 0.140. The van der Waals surface area contributed by atoms with Gasteiger partial charge in [0.15, 0.2) is 0 Å². The van der Waals surface area contributed by atoms with Gasteiger partial charge < -0.3 is 9.84 Å². The number of carbonyl (C=O) groups is 2. The van der Waals surface area contributed by atoms with Crippen molar-refractivity contribution in [2.45, 2.75) is 19.4 Å². The van der Waals surface area contributed by atoms with Crippen LogP contribution in [-0.4, -0.2) is 23.7 Å². The maximum Gasteiger partial charge on any atom is 0.307 e. The van der Waals surface area contributed by atoms with Gasteiger partial charge in [0.1, 0.15) is 6.10 Å². The van der Waals surface area contributed by atoms with Gasteiger partial charge in [0.25, 0.3) is 6.47 Å². The Kier molecular flexibility index (Phi) is 3.43. The summed E-state index contributed by atoms with van der Waals surface area (Å²) in [7, 11) is 0. The number of ether oxygens (including phenoxy) is 1. The van der Waals surface area contributed by atoms with Gasteiger partial charge in [-0.3, -0.25) is 9.59 Å². The standard InChI is InChI=1S/C5H8O4/c1-4(9-3-6)2-5(7)8/h3-4H,2H2,1H3,(H,7,8). The van der Waals surface area contributed by atoms with E-state index in [9.17, 15) is 9.59 Å². The zero-order valence-corrected chi connectivity index (χ0v) is 5.03. The van der Waals surface area contributed by atoms with E-state index in [1.54, 1.807) is 0 Å². The predicted octanol–water partition coefficient (Wildman–Crippen LogP) is 0.0226. The Labute approximate surface area is 52.4 Å². The summed E-state index contributed by atoms with van der Waals surface area (Å²) in [5, 5.41) is 8.11. The van der Waals surface area contributed by atoms with E-state index in [-0.39, 0.29) is 12.9 Å². The van der Waals surface area contributed by atoms with Crippen molar-refractivity contribution >= 4 is 12.4 Å². The monoisotopic (exact) mass is 132 g/mol. The van der Waals surface area contributed by atoms with Crippen LogP contribution in [0.3, 0.4) is 0 Å². The molecule has 1 atom stereocenters. The Morgan fingerprint density at radius 1 is 1.89 bits per heavy atom. The van der Waals surface area contributed by atoms with Crippen molar-refractivity contribution in [1.82, 2.24) is 0 Å². The second-order valence-electron chi connectivity index (χ2n) is 1.64. The average molecular weight is 132 g/mol. The molecule has 0 aliphatic heterocycles. The van der Waals surface area contributed by atoms with Crippen LogP contribution >= 0.6 is 0 Å². The Morgan fingerprint density at radius 2 is 2.44 bits per heavy atom. The maximum atomic E-state index is 9.89. The van der Waals surface area contributed by atoms with E-state index in [2.05, 4.69) is 4.74 Å². The number of carboxylic acids is 1. The van der Waals surface area contributed by atoms with Gasteiger partial charge in [-0.25, -0.2) is 0 Å². The van der Waals surface area contributed by atoms with Crippen LogP contribution in [0.5, 0.6) is 0 Å². The predicted molar refractivity (Wildman–Crippen MR) is 28.9 cm³/mol. The number of carboxylic acid groups (broad SMARTS) is 1. The third-order valence-corrected chi connectivity index (χ3v) is 0.750. The summed E-state index contributed by atoms with van der Waals surface area (Å²) in [5.41, 5.74) is 0. The van der Waals surface area contributed by atoms with Crippen molar-refractivity contribution in [2.24, 2.45) is 0 Å². The fraction of sp³-hybridized carbons (Fsp3) is 0.600. The van der Waals surface area contributed by atoms with Crippen LogP contribution in [0.2, 0.25) is 0 Å². The van der Waals surface area contributed by atoms with Crippen molar-refractivity contribution in [3.63, 3.8) is 0 Å². The lowest BCUT2D eigenvalue weighted by Crippen LogP contribution is -2.12. The summed E-state index contributed by atoms with van der Waals surface area (Å²) in [6.07, 6.45) is -0.668.